The minimum Gasteiger partial charge on any atom is -0.366 e. The first-order chi connectivity index (χ1) is 9.02. The van der Waals surface area contributed by atoms with Gasteiger partial charge in [0.15, 0.2) is 5.82 Å². The van der Waals surface area contributed by atoms with E-state index in [1.165, 1.54) is 12.1 Å². The summed E-state index contributed by atoms with van der Waals surface area (Å²) in [7, 11) is 1.83. The first kappa shape index (κ1) is 13.7. The highest BCUT2D eigenvalue weighted by Gasteiger charge is 2.31. The molecule has 19 heavy (non-hydrogen) atoms. The van der Waals surface area contributed by atoms with Gasteiger partial charge >= 0.3 is 0 Å². The minimum absolute atomic E-state index is 0.199. The van der Waals surface area contributed by atoms with Crippen molar-refractivity contribution in [1.82, 2.24) is 4.90 Å². The largest absolute Gasteiger partial charge is 0.366 e. The van der Waals surface area contributed by atoms with E-state index in [4.69, 9.17) is 0 Å². The number of hydrogen-bond donors (Lipinski definition) is 0. The number of non-ortho nitro benzene ring substituents is 1. The summed E-state index contributed by atoms with van der Waals surface area (Å²) < 4.78 is 25.9. The van der Waals surface area contributed by atoms with Crippen LogP contribution < -0.4 is 4.90 Å². The molecule has 1 aromatic carbocycles. The number of nitro groups is 1. The molecule has 0 radical (unpaired) electrons. The Morgan fingerprint density at radius 1 is 1.53 bits per heavy atom. The van der Waals surface area contributed by atoms with Crippen LogP contribution in [0, 0.1) is 15.9 Å². The van der Waals surface area contributed by atoms with Crippen LogP contribution in [-0.4, -0.2) is 49.2 Å². The van der Waals surface area contributed by atoms with Crippen LogP contribution in [0.2, 0.25) is 0 Å². The monoisotopic (exact) mass is 271 g/mol. The summed E-state index contributed by atoms with van der Waals surface area (Å²) in [4.78, 5) is 13.6. The zero-order chi connectivity index (χ0) is 14.0. The van der Waals surface area contributed by atoms with Gasteiger partial charge in [-0.25, -0.2) is 8.78 Å². The molecule has 0 aliphatic carbocycles. The normalized spacial score (nSPS) is 15.7. The smallest absolute Gasteiger partial charge is 0.272 e. The molecule has 0 atom stereocenters. The number of nitro benzene ring substituents is 1. The lowest BCUT2D eigenvalue weighted by Crippen LogP contribution is -2.59. The Kier molecular flexibility index (Phi) is 3.94. The number of likely N-dealkylation sites (N-methyl/N-ethyl adjacent to an activating group) is 1. The standard InChI is InChI=1S/C12H15F2N3O2/c1-15(5-4-13)10-7-16(8-10)12-3-2-9(17(18)19)6-11(12)14/h2-3,6,10H,4-5,7-8H2,1H3. The zero-order valence-corrected chi connectivity index (χ0v) is 10.6. The highest BCUT2D eigenvalue weighted by atomic mass is 19.1. The fourth-order valence-corrected chi connectivity index (χ4v) is 2.11. The van der Waals surface area contributed by atoms with Crippen molar-refractivity contribution in [2.75, 3.05) is 38.3 Å². The maximum absolute atomic E-state index is 13.7. The second kappa shape index (κ2) is 5.48. The molecule has 0 saturated carbocycles. The molecule has 0 unspecified atom stereocenters. The summed E-state index contributed by atoms with van der Waals surface area (Å²) >= 11 is 0. The maximum atomic E-state index is 13.7. The maximum Gasteiger partial charge on any atom is 0.272 e. The van der Waals surface area contributed by atoms with Crippen molar-refractivity contribution >= 4 is 11.4 Å². The number of halogens is 2. The molecule has 104 valence electrons. The molecule has 7 heteroatoms. The van der Waals surface area contributed by atoms with Crippen LogP contribution in [0.5, 0.6) is 0 Å². The molecule has 1 aliphatic rings. The van der Waals surface area contributed by atoms with Crippen LogP contribution >= 0.6 is 0 Å². The third kappa shape index (κ3) is 2.81. The van der Waals surface area contributed by atoms with Gasteiger partial charge in [0.1, 0.15) is 6.67 Å². The van der Waals surface area contributed by atoms with Crippen LogP contribution in [-0.2, 0) is 0 Å². The Labute approximate surface area is 109 Å². The summed E-state index contributed by atoms with van der Waals surface area (Å²) in [5.74, 6) is -0.596. The van der Waals surface area contributed by atoms with E-state index >= 15 is 0 Å². The number of benzene rings is 1. The Bertz CT molecular complexity index is 478. The van der Waals surface area contributed by atoms with E-state index in [0.29, 0.717) is 25.3 Å². The SMILES string of the molecule is CN(CCF)C1CN(c2ccc([N+](=O)[O-])cc2F)C1. The summed E-state index contributed by atoms with van der Waals surface area (Å²) in [6.45, 7) is 1.16. The predicted molar refractivity (Wildman–Crippen MR) is 67.7 cm³/mol. The molecular weight excluding hydrogens is 256 g/mol. The van der Waals surface area contributed by atoms with Crippen LogP contribution in [0.1, 0.15) is 0 Å². The third-order valence-corrected chi connectivity index (χ3v) is 3.41. The van der Waals surface area contributed by atoms with Gasteiger partial charge in [-0.3, -0.25) is 15.0 Å². The molecule has 1 fully saturated rings. The van der Waals surface area contributed by atoms with Crippen LogP contribution in [0.25, 0.3) is 0 Å². The van der Waals surface area contributed by atoms with Gasteiger partial charge in [-0.2, -0.15) is 0 Å². The first-order valence-electron chi connectivity index (χ1n) is 5.98. The Balaban J connectivity index is 2.00. The lowest BCUT2D eigenvalue weighted by atomic mass is 10.1. The topological polar surface area (TPSA) is 49.6 Å². The van der Waals surface area contributed by atoms with Crippen LogP contribution in [0.4, 0.5) is 20.2 Å². The summed E-state index contributed by atoms with van der Waals surface area (Å²) in [6.07, 6.45) is 0. The summed E-state index contributed by atoms with van der Waals surface area (Å²) in [5, 5.41) is 10.5. The molecule has 0 amide bonds. The molecule has 1 heterocycles. The Morgan fingerprint density at radius 3 is 2.74 bits per heavy atom. The number of anilines is 1. The van der Waals surface area contributed by atoms with Gasteiger partial charge in [0.25, 0.3) is 5.69 Å². The van der Waals surface area contributed by atoms with Gasteiger partial charge in [-0.1, -0.05) is 0 Å². The van der Waals surface area contributed by atoms with Gasteiger partial charge in [0, 0.05) is 31.7 Å². The Morgan fingerprint density at radius 2 is 2.21 bits per heavy atom. The number of hydrogen-bond acceptors (Lipinski definition) is 4. The van der Waals surface area contributed by atoms with Crippen LogP contribution in [0.15, 0.2) is 18.2 Å². The zero-order valence-electron chi connectivity index (χ0n) is 10.6. The van der Waals surface area contributed by atoms with E-state index in [2.05, 4.69) is 0 Å². The second-order valence-corrected chi connectivity index (χ2v) is 4.62. The number of alkyl halides is 1. The lowest BCUT2D eigenvalue weighted by Gasteiger charge is -2.45. The van der Waals surface area contributed by atoms with E-state index in [1.807, 2.05) is 11.9 Å². The molecule has 0 spiro atoms. The van der Waals surface area contributed by atoms with E-state index in [-0.39, 0.29) is 11.7 Å². The van der Waals surface area contributed by atoms with Gasteiger partial charge in [-0.15, -0.1) is 0 Å². The average molecular weight is 271 g/mol. The summed E-state index contributed by atoms with van der Waals surface area (Å²) in [5.41, 5.74) is 0.100. The van der Waals surface area contributed by atoms with Gasteiger partial charge in [0.05, 0.1) is 16.7 Å². The molecule has 0 aromatic heterocycles. The average Bonchev–Trinajstić information content (AvgIpc) is 2.29. The second-order valence-electron chi connectivity index (χ2n) is 4.62. The summed E-state index contributed by atoms with van der Waals surface area (Å²) in [6, 6.07) is 3.83. The molecular formula is C12H15F2N3O2. The molecule has 0 N–H and O–H groups in total. The molecule has 5 nitrogen and oxygen atoms in total. The predicted octanol–water partition coefficient (Wildman–Crippen LogP) is 1.82. The van der Waals surface area contributed by atoms with Crippen molar-refractivity contribution in [3.05, 3.63) is 34.1 Å². The number of nitrogens with zero attached hydrogens (tertiary/aromatic N) is 3. The Hall–Kier alpha value is -1.76. The molecule has 1 saturated heterocycles. The van der Waals surface area contributed by atoms with Crippen molar-refractivity contribution in [3.8, 4) is 0 Å². The van der Waals surface area contributed by atoms with Crippen molar-refractivity contribution in [2.24, 2.45) is 0 Å². The van der Waals surface area contributed by atoms with Gasteiger partial charge in [0.2, 0.25) is 0 Å². The fraction of sp³-hybridized carbons (Fsp3) is 0.500. The van der Waals surface area contributed by atoms with Crippen molar-refractivity contribution in [3.63, 3.8) is 0 Å². The van der Waals surface area contributed by atoms with Crippen molar-refractivity contribution < 1.29 is 13.7 Å². The van der Waals surface area contributed by atoms with E-state index in [0.717, 1.165) is 6.07 Å². The fourth-order valence-electron chi connectivity index (χ4n) is 2.11. The van der Waals surface area contributed by atoms with Crippen LogP contribution in [0.3, 0.4) is 0 Å². The van der Waals surface area contributed by atoms with E-state index in [1.54, 1.807) is 4.90 Å². The number of rotatable bonds is 5. The minimum atomic E-state index is -0.624. The quantitative estimate of drug-likeness (QED) is 0.605. The van der Waals surface area contributed by atoms with Crippen molar-refractivity contribution in [1.29, 1.82) is 0 Å². The molecule has 2 rings (SSSR count). The lowest BCUT2D eigenvalue weighted by molar-refractivity contribution is -0.385. The van der Waals surface area contributed by atoms with E-state index < -0.39 is 17.4 Å². The molecule has 0 bridgehead atoms. The van der Waals surface area contributed by atoms with Gasteiger partial charge in [-0.05, 0) is 13.1 Å². The van der Waals surface area contributed by atoms with E-state index in [9.17, 15) is 18.9 Å². The third-order valence-electron chi connectivity index (χ3n) is 3.41. The highest BCUT2D eigenvalue weighted by molar-refractivity contribution is 5.54. The highest BCUT2D eigenvalue weighted by Crippen LogP contribution is 2.28. The van der Waals surface area contributed by atoms with Crippen molar-refractivity contribution in [2.45, 2.75) is 6.04 Å². The first-order valence-corrected chi connectivity index (χ1v) is 5.98. The van der Waals surface area contributed by atoms with Gasteiger partial charge < -0.3 is 4.90 Å². The molecule has 1 aromatic rings. The molecule has 1 aliphatic heterocycles.